The molecule has 11 nitrogen and oxygen atoms in total. The zero-order chi connectivity index (χ0) is 54.6. The lowest BCUT2D eigenvalue weighted by molar-refractivity contribution is 1.24. The van der Waals surface area contributed by atoms with Crippen molar-refractivity contribution in [2.75, 3.05) is 0 Å². The maximum atomic E-state index is 4.28. The summed E-state index contributed by atoms with van der Waals surface area (Å²) >= 11 is 0. The molecule has 0 radical (unpaired) electrons. The van der Waals surface area contributed by atoms with Crippen molar-refractivity contribution in [2.24, 2.45) is 0 Å². The van der Waals surface area contributed by atoms with Crippen molar-refractivity contribution in [3.8, 4) is 67.2 Å². The summed E-state index contributed by atoms with van der Waals surface area (Å²) in [4.78, 5) is 45.4. The molecule has 0 amide bonds. The number of hydrogen-bond acceptors (Lipinski definition) is 11. The Balaban J connectivity index is 0.000000136. The van der Waals surface area contributed by atoms with E-state index in [0.29, 0.717) is 0 Å². The fourth-order valence-electron chi connectivity index (χ4n) is 7.50. The molecule has 0 atom stereocenters. The van der Waals surface area contributed by atoms with Crippen LogP contribution in [0.2, 0.25) is 0 Å². The molecule has 0 unspecified atom stereocenters. The number of nitrogens with zero attached hydrogens (tertiary/aromatic N) is 11. The van der Waals surface area contributed by atoms with Crippen LogP contribution in [0.3, 0.4) is 0 Å². The molecule has 11 heteroatoms. The number of pyridine rings is 11. The summed E-state index contributed by atoms with van der Waals surface area (Å²) < 4.78 is 0. The lowest BCUT2D eigenvalue weighted by Crippen LogP contribution is -1.84. The van der Waals surface area contributed by atoms with E-state index in [2.05, 4.69) is 124 Å². The first-order valence-corrected chi connectivity index (χ1v) is 25.3. The van der Waals surface area contributed by atoms with Gasteiger partial charge in [0.1, 0.15) is 0 Å². The molecule has 384 valence electrons. The smallest absolute Gasteiger partial charge is 0.0720 e. The van der Waals surface area contributed by atoms with Gasteiger partial charge in [0.05, 0.1) is 17.1 Å². The summed E-state index contributed by atoms with van der Waals surface area (Å²) in [6.45, 7) is 12.3. The Hall–Kier alpha value is -10.1. The number of benzene rings is 1. The van der Waals surface area contributed by atoms with Crippen LogP contribution >= 0.6 is 0 Å². The molecule has 0 aliphatic carbocycles. The number of hydrogen-bond donors (Lipinski definition) is 0. The highest BCUT2D eigenvalue weighted by Crippen LogP contribution is 2.21. The van der Waals surface area contributed by atoms with Gasteiger partial charge in [0.25, 0.3) is 0 Å². The standard InChI is InChI=1S/C12H11N.5C11H10N2/c1-10-7-12(9-13-8-10)11-5-3-2-4-6-11;1-9-2-7-13-11(8-9)10-3-5-12-6-4-10;1-9-6-11(8-13-7-9)10-2-4-12-5-3-10;1-9-4-6-13-11(7-9)10-3-2-5-12-8-10;1-9-5-11(8-13-6-9)10-3-2-4-12-7-10;1-9-6-10(8-12-7-9)11-4-2-3-5-13-11/h2-9H,1H3;5*2-8H,1H3. The summed E-state index contributed by atoms with van der Waals surface area (Å²) in [6.07, 6.45) is 34.6. The number of aromatic nitrogens is 11. The minimum atomic E-state index is 0.971. The van der Waals surface area contributed by atoms with Gasteiger partial charge in [0.2, 0.25) is 0 Å². The third-order valence-electron chi connectivity index (χ3n) is 11.3. The molecule has 1 aromatic carbocycles. The Kier molecular flexibility index (Phi) is 21.6. The Morgan fingerprint density at radius 3 is 1.03 bits per heavy atom. The largest absolute Gasteiger partial charge is 0.265 e. The molecule has 0 aliphatic rings. The van der Waals surface area contributed by atoms with E-state index in [1.165, 1.54) is 38.9 Å². The minimum Gasteiger partial charge on any atom is -0.265 e. The van der Waals surface area contributed by atoms with E-state index >= 15 is 0 Å². The van der Waals surface area contributed by atoms with Crippen LogP contribution in [0.4, 0.5) is 0 Å². The molecular formula is C67H61N11. The van der Waals surface area contributed by atoms with E-state index in [0.717, 1.165) is 61.6 Å². The first-order valence-electron chi connectivity index (χ1n) is 25.3. The van der Waals surface area contributed by atoms with Crippen molar-refractivity contribution in [1.29, 1.82) is 0 Å². The van der Waals surface area contributed by atoms with E-state index < -0.39 is 0 Å². The molecular weight excluding hydrogens is 959 g/mol. The predicted octanol–water partition coefficient (Wildman–Crippen LogP) is 15.3. The molecule has 0 saturated carbocycles. The van der Waals surface area contributed by atoms with E-state index in [1.807, 2.05) is 192 Å². The highest BCUT2D eigenvalue weighted by atomic mass is 14.7. The summed E-state index contributed by atoms with van der Waals surface area (Å²) in [6, 6.07) is 48.5. The Bertz CT molecular complexity index is 3000. The van der Waals surface area contributed by atoms with Gasteiger partial charge < -0.3 is 0 Å². The second kappa shape index (κ2) is 30.3. The molecule has 11 heterocycles. The summed E-state index contributed by atoms with van der Waals surface area (Å²) in [5, 5.41) is 0. The molecule has 0 saturated heterocycles. The van der Waals surface area contributed by atoms with Crippen molar-refractivity contribution in [3.05, 3.63) is 297 Å². The van der Waals surface area contributed by atoms with Crippen molar-refractivity contribution < 1.29 is 0 Å². The van der Waals surface area contributed by atoms with Crippen molar-refractivity contribution in [2.45, 2.75) is 41.5 Å². The summed E-state index contributed by atoms with van der Waals surface area (Å²) in [5.74, 6) is 0. The van der Waals surface area contributed by atoms with E-state index in [1.54, 1.807) is 43.4 Å². The summed E-state index contributed by atoms with van der Waals surface area (Å²) in [7, 11) is 0. The second-order valence-corrected chi connectivity index (χ2v) is 18.0. The van der Waals surface area contributed by atoms with E-state index in [9.17, 15) is 0 Å². The Morgan fingerprint density at radius 1 is 0.192 bits per heavy atom. The summed E-state index contributed by atoms with van der Waals surface area (Å²) in [5.41, 5.74) is 20.3. The average Bonchev–Trinajstić information content (AvgIpc) is 3.49. The van der Waals surface area contributed by atoms with Gasteiger partial charge in [-0.3, -0.25) is 54.8 Å². The molecule has 0 bridgehead atoms. The maximum absolute atomic E-state index is 4.28. The molecule has 0 spiro atoms. The van der Waals surface area contributed by atoms with Crippen LogP contribution in [-0.2, 0) is 0 Å². The number of aryl methyl sites for hydroxylation is 6. The first-order chi connectivity index (χ1) is 38.2. The fraction of sp³-hybridized carbons (Fsp3) is 0.0896. The van der Waals surface area contributed by atoms with Crippen LogP contribution < -0.4 is 0 Å². The highest BCUT2D eigenvalue weighted by molar-refractivity contribution is 5.64. The highest BCUT2D eigenvalue weighted by Gasteiger charge is 2.02. The van der Waals surface area contributed by atoms with Gasteiger partial charge in [-0.2, -0.15) is 0 Å². The van der Waals surface area contributed by atoms with Gasteiger partial charge >= 0.3 is 0 Å². The normalized spacial score (nSPS) is 9.92. The van der Waals surface area contributed by atoms with E-state index in [4.69, 9.17) is 0 Å². The topological polar surface area (TPSA) is 142 Å². The third-order valence-corrected chi connectivity index (χ3v) is 11.3. The molecule has 12 rings (SSSR count). The first kappa shape index (κ1) is 55.6. The van der Waals surface area contributed by atoms with Crippen LogP contribution in [-0.4, -0.2) is 54.8 Å². The lowest BCUT2D eigenvalue weighted by Gasteiger charge is -2.00. The zero-order valence-electron chi connectivity index (χ0n) is 44.7. The van der Waals surface area contributed by atoms with Crippen LogP contribution in [0, 0.1) is 41.5 Å². The number of rotatable bonds is 6. The van der Waals surface area contributed by atoms with Gasteiger partial charge in [-0.05, 0) is 189 Å². The van der Waals surface area contributed by atoms with Crippen molar-refractivity contribution in [1.82, 2.24) is 54.8 Å². The molecule has 78 heavy (non-hydrogen) atoms. The van der Waals surface area contributed by atoms with Crippen LogP contribution in [0.15, 0.2) is 263 Å². The van der Waals surface area contributed by atoms with Gasteiger partial charge in [-0.1, -0.05) is 42.5 Å². The van der Waals surface area contributed by atoms with Crippen LogP contribution in [0.1, 0.15) is 33.4 Å². The molecule has 0 aliphatic heterocycles. The van der Waals surface area contributed by atoms with Crippen molar-refractivity contribution in [3.63, 3.8) is 0 Å². The molecule has 11 aromatic heterocycles. The third kappa shape index (κ3) is 18.7. The molecule has 0 N–H and O–H groups in total. The average molecular weight is 1020 g/mol. The quantitative estimate of drug-likeness (QED) is 0.157. The van der Waals surface area contributed by atoms with Gasteiger partial charge in [-0.25, -0.2) is 0 Å². The fourth-order valence-corrected chi connectivity index (χ4v) is 7.50. The Labute approximate surface area is 458 Å². The minimum absolute atomic E-state index is 0.971. The SMILES string of the molecule is Cc1ccnc(-c2cccnc2)c1.Cc1ccnc(-c2ccncc2)c1.Cc1cncc(-c2ccccc2)c1.Cc1cncc(-c2ccccn2)c1.Cc1cncc(-c2cccnc2)c1.Cc1cncc(-c2ccncc2)c1. The van der Waals surface area contributed by atoms with Gasteiger partial charge in [-0.15, -0.1) is 0 Å². The van der Waals surface area contributed by atoms with E-state index in [-0.39, 0.29) is 0 Å². The monoisotopic (exact) mass is 1020 g/mol. The predicted molar refractivity (Wildman–Crippen MR) is 315 cm³/mol. The van der Waals surface area contributed by atoms with Crippen LogP contribution in [0.25, 0.3) is 67.2 Å². The lowest BCUT2D eigenvalue weighted by atomic mass is 10.1. The Morgan fingerprint density at radius 2 is 0.577 bits per heavy atom. The molecule has 12 aromatic rings. The zero-order valence-corrected chi connectivity index (χ0v) is 44.7. The van der Waals surface area contributed by atoms with Crippen LogP contribution in [0.5, 0.6) is 0 Å². The van der Waals surface area contributed by atoms with Gasteiger partial charge in [0.15, 0.2) is 0 Å². The molecule has 0 fully saturated rings. The van der Waals surface area contributed by atoms with Gasteiger partial charge in [0, 0.05) is 157 Å². The van der Waals surface area contributed by atoms with Crippen molar-refractivity contribution >= 4 is 0 Å². The maximum Gasteiger partial charge on any atom is 0.0720 e. The second-order valence-electron chi connectivity index (χ2n) is 18.0.